The highest BCUT2D eigenvalue weighted by Gasteiger charge is 2.07. The van der Waals surface area contributed by atoms with E-state index in [1.807, 2.05) is 37.3 Å². The predicted octanol–water partition coefficient (Wildman–Crippen LogP) is 3.12. The maximum atomic E-state index is 12.6. The molecule has 3 aromatic rings. The Morgan fingerprint density at radius 2 is 1.73 bits per heavy atom. The Kier molecular flexibility index (Phi) is 7.97. The van der Waals surface area contributed by atoms with Crippen molar-refractivity contribution in [2.45, 2.75) is 39.3 Å². The fourth-order valence-electron chi connectivity index (χ4n) is 2.99. The molecule has 7 heteroatoms. The average Bonchev–Trinajstić information content (AvgIpc) is 2.76. The Balaban J connectivity index is 1.57. The molecule has 1 aromatic carbocycles. The molecule has 0 fully saturated rings. The zero-order valence-electron chi connectivity index (χ0n) is 17.2. The van der Waals surface area contributed by atoms with Gasteiger partial charge in [-0.3, -0.25) is 4.79 Å². The van der Waals surface area contributed by atoms with Crippen molar-refractivity contribution in [3.05, 3.63) is 82.3 Å². The highest BCUT2D eigenvalue weighted by atomic mass is 16.5. The summed E-state index contributed by atoms with van der Waals surface area (Å²) in [5, 5.41) is 8.79. The van der Waals surface area contributed by atoms with Crippen LogP contribution in [0.2, 0.25) is 0 Å². The SMILES string of the molecule is Cc1cc(OCc2ncccn2)cc(=O)n1Cc1ccc(OCCCCCO)cc1. The maximum Gasteiger partial charge on any atom is 0.254 e. The van der Waals surface area contributed by atoms with Crippen LogP contribution in [-0.4, -0.2) is 32.9 Å². The number of nitrogens with zero attached hydrogens (tertiary/aromatic N) is 3. The van der Waals surface area contributed by atoms with Gasteiger partial charge in [-0.15, -0.1) is 0 Å². The zero-order valence-corrected chi connectivity index (χ0v) is 17.2. The Morgan fingerprint density at radius 1 is 0.967 bits per heavy atom. The first-order valence-electron chi connectivity index (χ1n) is 10.1. The van der Waals surface area contributed by atoms with Crippen LogP contribution in [0.15, 0.2) is 59.7 Å². The number of unbranched alkanes of at least 4 members (excludes halogenated alkanes) is 2. The van der Waals surface area contributed by atoms with Gasteiger partial charge in [0.25, 0.3) is 5.56 Å². The molecule has 0 saturated heterocycles. The first kappa shape index (κ1) is 21.5. The average molecular weight is 409 g/mol. The van der Waals surface area contributed by atoms with E-state index in [9.17, 15) is 4.79 Å². The molecule has 0 radical (unpaired) electrons. The lowest BCUT2D eigenvalue weighted by molar-refractivity contribution is 0.266. The molecule has 158 valence electrons. The summed E-state index contributed by atoms with van der Waals surface area (Å²) in [6, 6.07) is 12.8. The normalized spacial score (nSPS) is 10.7. The van der Waals surface area contributed by atoms with Gasteiger partial charge < -0.3 is 19.1 Å². The van der Waals surface area contributed by atoms with E-state index >= 15 is 0 Å². The van der Waals surface area contributed by atoms with Crippen molar-refractivity contribution >= 4 is 0 Å². The predicted molar refractivity (Wildman–Crippen MR) is 114 cm³/mol. The second kappa shape index (κ2) is 11.1. The summed E-state index contributed by atoms with van der Waals surface area (Å²) in [7, 11) is 0. The fourth-order valence-corrected chi connectivity index (χ4v) is 2.99. The van der Waals surface area contributed by atoms with Gasteiger partial charge in [0.15, 0.2) is 5.82 Å². The molecule has 1 N–H and O–H groups in total. The number of aliphatic hydroxyl groups is 1. The minimum Gasteiger partial charge on any atom is -0.494 e. The molecule has 0 bridgehead atoms. The van der Waals surface area contributed by atoms with Crippen LogP contribution in [0.4, 0.5) is 0 Å². The lowest BCUT2D eigenvalue weighted by Gasteiger charge is -2.13. The molecule has 0 aliphatic heterocycles. The quantitative estimate of drug-likeness (QED) is 0.490. The molecular weight excluding hydrogens is 382 g/mol. The summed E-state index contributed by atoms with van der Waals surface area (Å²) in [6.45, 7) is 3.43. The molecule has 2 aromatic heterocycles. The van der Waals surface area contributed by atoms with E-state index in [1.165, 1.54) is 6.07 Å². The Hall–Kier alpha value is -3.19. The van der Waals surface area contributed by atoms with E-state index in [1.54, 1.807) is 23.0 Å². The lowest BCUT2D eigenvalue weighted by Crippen LogP contribution is -2.22. The largest absolute Gasteiger partial charge is 0.494 e. The molecule has 0 aliphatic rings. The number of aryl methyl sites for hydroxylation is 1. The second-order valence-corrected chi connectivity index (χ2v) is 6.99. The van der Waals surface area contributed by atoms with Crippen LogP contribution < -0.4 is 15.0 Å². The summed E-state index contributed by atoms with van der Waals surface area (Å²) in [5.74, 6) is 1.87. The maximum absolute atomic E-state index is 12.6. The highest BCUT2D eigenvalue weighted by Crippen LogP contribution is 2.16. The Morgan fingerprint density at radius 3 is 2.43 bits per heavy atom. The van der Waals surface area contributed by atoms with Crippen molar-refractivity contribution in [2.75, 3.05) is 13.2 Å². The second-order valence-electron chi connectivity index (χ2n) is 6.99. The highest BCUT2D eigenvalue weighted by molar-refractivity contribution is 5.29. The molecule has 3 rings (SSSR count). The van der Waals surface area contributed by atoms with E-state index in [2.05, 4.69) is 9.97 Å². The third-order valence-corrected chi connectivity index (χ3v) is 4.63. The molecule has 0 unspecified atom stereocenters. The lowest BCUT2D eigenvalue weighted by atomic mass is 10.2. The number of ether oxygens (including phenoxy) is 2. The van der Waals surface area contributed by atoms with Gasteiger partial charge >= 0.3 is 0 Å². The Bertz CT molecular complexity index is 972. The van der Waals surface area contributed by atoms with Crippen molar-refractivity contribution in [1.29, 1.82) is 0 Å². The minimum absolute atomic E-state index is 0.122. The molecule has 0 aliphatic carbocycles. The summed E-state index contributed by atoms with van der Waals surface area (Å²) in [4.78, 5) is 20.8. The summed E-state index contributed by atoms with van der Waals surface area (Å²) in [5.41, 5.74) is 1.71. The van der Waals surface area contributed by atoms with Crippen molar-refractivity contribution in [3.63, 3.8) is 0 Å². The van der Waals surface area contributed by atoms with Crippen molar-refractivity contribution < 1.29 is 14.6 Å². The van der Waals surface area contributed by atoms with E-state index in [-0.39, 0.29) is 18.8 Å². The number of pyridine rings is 1. The molecular formula is C23H27N3O4. The zero-order chi connectivity index (χ0) is 21.2. The van der Waals surface area contributed by atoms with E-state index in [0.717, 1.165) is 36.3 Å². The van der Waals surface area contributed by atoms with Crippen LogP contribution in [0.5, 0.6) is 11.5 Å². The molecule has 0 atom stereocenters. The summed E-state index contributed by atoms with van der Waals surface area (Å²) < 4.78 is 13.1. The molecule has 0 amide bonds. The van der Waals surface area contributed by atoms with Gasteiger partial charge in [0.1, 0.15) is 18.1 Å². The van der Waals surface area contributed by atoms with Gasteiger partial charge in [0.05, 0.1) is 13.2 Å². The van der Waals surface area contributed by atoms with Gasteiger partial charge in [-0.2, -0.15) is 0 Å². The summed E-state index contributed by atoms with van der Waals surface area (Å²) in [6.07, 6.45) is 5.99. The monoisotopic (exact) mass is 409 g/mol. The standard InChI is InChI=1S/C23H27N3O4/c1-18-14-21(30-17-22-24-10-5-11-25-22)15-23(28)26(18)16-19-6-8-20(9-7-19)29-13-4-2-3-12-27/h5-11,14-15,27H,2-4,12-13,16-17H2,1H3. The van der Waals surface area contributed by atoms with E-state index < -0.39 is 0 Å². The van der Waals surface area contributed by atoms with Crippen LogP contribution in [0.1, 0.15) is 36.3 Å². The number of benzene rings is 1. The molecule has 0 saturated carbocycles. The molecule has 30 heavy (non-hydrogen) atoms. The Labute approximate surface area is 176 Å². The third kappa shape index (κ3) is 6.42. The number of rotatable bonds is 11. The summed E-state index contributed by atoms with van der Waals surface area (Å²) >= 11 is 0. The van der Waals surface area contributed by atoms with Crippen LogP contribution >= 0.6 is 0 Å². The van der Waals surface area contributed by atoms with Crippen molar-refractivity contribution in [2.24, 2.45) is 0 Å². The molecule has 7 nitrogen and oxygen atoms in total. The fraction of sp³-hybridized carbons (Fsp3) is 0.348. The van der Waals surface area contributed by atoms with Gasteiger partial charge in [-0.25, -0.2) is 9.97 Å². The van der Waals surface area contributed by atoms with Crippen LogP contribution in [0.3, 0.4) is 0 Å². The van der Waals surface area contributed by atoms with Crippen molar-refractivity contribution in [3.8, 4) is 11.5 Å². The molecule has 0 spiro atoms. The van der Waals surface area contributed by atoms with E-state index in [0.29, 0.717) is 24.7 Å². The minimum atomic E-state index is -0.122. The van der Waals surface area contributed by atoms with Gasteiger partial charge in [0.2, 0.25) is 0 Å². The number of hydrogen-bond acceptors (Lipinski definition) is 6. The first-order valence-corrected chi connectivity index (χ1v) is 10.1. The third-order valence-electron chi connectivity index (χ3n) is 4.63. The van der Waals surface area contributed by atoms with Crippen molar-refractivity contribution in [1.82, 2.24) is 14.5 Å². The van der Waals surface area contributed by atoms with Crippen LogP contribution in [-0.2, 0) is 13.2 Å². The van der Waals surface area contributed by atoms with Gasteiger partial charge in [-0.1, -0.05) is 12.1 Å². The van der Waals surface area contributed by atoms with Gasteiger partial charge in [0, 0.05) is 30.8 Å². The van der Waals surface area contributed by atoms with Crippen LogP contribution in [0, 0.1) is 6.92 Å². The number of aliphatic hydroxyl groups excluding tert-OH is 1. The molecule has 2 heterocycles. The smallest absolute Gasteiger partial charge is 0.254 e. The first-order chi connectivity index (χ1) is 14.7. The topological polar surface area (TPSA) is 86.5 Å². The van der Waals surface area contributed by atoms with Crippen LogP contribution in [0.25, 0.3) is 0 Å². The number of aromatic nitrogens is 3. The number of hydrogen-bond donors (Lipinski definition) is 1. The van der Waals surface area contributed by atoms with E-state index in [4.69, 9.17) is 14.6 Å². The van der Waals surface area contributed by atoms with Gasteiger partial charge in [-0.05, 0) is 56.0 Å².